The van der Waals surface area contributed by atoms with Crippen LogP contribution in [0.5, 0.6) is 5.75 Å². The smallest absolute Gasteiger partial charge is 0.261 e. The van der Waals surface area contributed by atoms with E-state index in [0.717, 1.165) is 24.1 Å². The van der Waals surface area contributed by atoms with Gasteiger partial charge in [0, 0.05) is 43.2 Å². The molecule has 0 spiro atoms. The Morgan fingerprint density at radius 3 is 2.42 bits per heavy atom. The van der Waals surface area contributed by atoms with E-state index in [2.05, 4.69) is 17.2 Å². The molecule has 2 aliphatic heterocycles. The van der Waals surface area contributed by atoms with Gasteiger partial charge in [-0.15, -0.1) is 0 Å². The molecule has 0 radical (unpaired) electrons. The molecule has 3 aromatic rings. The number of hydrogen-bond donors (Lipinski definition) is 1. The van der Waals surface area contributed by atoms with Crippen molar-refractivity contribution in [3.8, 4) is 5.75 Å². The normalized spacial score (nSPS) is 16.5. The number of nitrogens with zero attached hydrogens (tertiary/aromatic N) is 2. The van der Waals surface area contributed by atoms with E-state index in [0.29, 0.717) is 43.0 Å². The topological polar surface area (TPSA) is 82.7 Å². The number of piperidine rings is 1. The summed E-state index contributed by atoms with van der Waals surface area (Å²) in [6, 6.07) is 12.9. The van der Waals surface area contributed by atoms with E-state index >= 15 is 0 Å². The first-order valence-corrected chi connectivity index (χ1v) is 11.4. The molecular weight excluding hydrogens is 418 g/mol. The van der Waals surface area contributed by atoms with Gasteiger partial charge in [0.1, 0.15) is 5.75 Å². The third-order valence-corrected chi connectivity index (χ3v) is 6.86. The number of methoxy groups -OCH3 is 1. The molecule has 3 amide bonds. The highest BCUT2D eigenvalue weighted by Crippen LogP contribution is 2.35. The average molecular weight is 446 g/mol. The van der Waals surface area contributed by atoms with Crippen molar-refractivity contribution in [1.29, 1.82) is 0 Å². The van der Waals surface area contributed by atoms with Crippen molar-refractivity contribution in [3.63, 3.8) is 0 Å². The lowest BCUT2D eigenvalue weighted by molar-refractivity contribution is -0.132. The number of hydrogen-bond acceptors (Lipinski definition) is 4. The van der Waals surface area contributed by atoms with Gasteiger partial charge in [-0.25, -0.2) is 0 Å². The Balaban J connectivity index is 1.14. The number of imide groups is 1. The molecule has 33 heavy (non-hydrogen) atoms. The quantitative estimate of drug-likeness (QED) is 0.582. The number of H-pyrrole nitrogens is 1. The monoisotopic (exact) mass is 445 g/mol. The van der Waals surface area contributed by atoms with Crippen LogP contribution in [0.3, 0.4) is 0 Å². The van der Waals surface area contributed by atoms with Crippen molar-refractivity contribution in [3.05, 3.63) is 65.4 Å². The Kier molecular flexibility index (Phi) is 5.62. The number of carbonyl (C=O) groups excluding carboxylic acids is 3. The van der Waals surface area contributed by atoms with Gasteiger partial charge >= 0.3 is 0 Å². The molecule has 1 aromatic heterocycles. The lowest BCUT2D eigenvalue weighted by Gasteiger charge is -2.32. The molecule has 2 aliphatic rings. The Bertz CT molecular complexity index is 1190. The summed E-state index contributed by atoms with van der Waals surface area (Å²) in [5.41, 5.74) is 3.27. The number of benzene rings is 2. The molecule has 170 valence electrons. The van der Waals surface area contributed by atoms with E-state index in [4.69, 9.17) is 4.74 Å². The number of fused-ring (bicyclic) bond motifs is 2. The fourth-order valence-electron chi connectivity index (χ4n) is 5.01. The minimum absolute atomic E-state index is 0.0886. The molecule has 0 saturated carbocycles. The largest absolute Gasteiger partial charge is 0.497 e. The maximum Gasteiger partial charge on any atom is 0.261 e. The summed E-state index contributed by atoms with van der Waals surface area (Å²) < 4.78 is 5.38. The predicted octanol–water partition coefficient (Wildman–Crippen LogP) is 3.96. The summed E-state index contributed by atoms with van der Waals surface area (Å²) in [5.74, 6) is 0.798. The molecule has 1 saturated heterocycles. The van der Waals surface area contributed by atoms with E-state index in [1.807, 2.05) is 17.0 Å². The van der Waals surface area contributed by atoms with Crippen molar-refractivity contribution in [1.82, 2.24) is 14.8 Å². The zero-order chi connectivity index (χ0) is 22.9. The van der Waals surface area contributed by atoms with Gasteiger partial charge in [0.15, 0.2) is 0 Å². The van der Waals surface area contributed by atoms with E-state index in [1.54, 1.807) is 31.4 Å². The number of ether oxygens (including phenoxy) is 1. The maximum atomic E-state index is 12.8. The van der Waals surface area contributed by atoms with Crippen LogP contribution in [0.2, 0.25) is 0 Å². The summed E-state index contributed by atoms with van der Waals surface area (Å²) in [5, 5.41) is 1.18. The zero-order valence-corrected chi connectivity index (χ0v) is 18.7. The third kappa shape index (κ3) is 3.88. The second kappa shape index (κ2) is 8.73. The lowest BCUT2D eigenvalue weighted by atomic mass is 9.89. The van der Waals surface area contributed by atoms with Gasteiger partial charge in [-0.2, -0.15) is 0 Å². The van der Waals surface area contributed by atoms with Crippen LogP contribution in [-0.4, -0.2) is 59.2 Å². The van der Waals surface area contributed by atoms with Gasteiger partial charge in [0.05, 0.1) is 18.2 Å². The highest BCUT2D eigenvalue weighted by molar-refractivity contribution is 6.21. The number of aromatic nitrogens is 1. The second-order valence-corrected chi connectivity index (χ2v) is 8.72. The highest BCUT2D eigenvalue weighted by Gasteiger charge is 2.34. The Morgan fingerprint density at radius 2 is 1.76 bits per heavy atom. The van der Waals surface area contributed by atoms with E-state index in [9.17, 15) is 14.4 Å². The molecule has 7 heteroatoms. The molecule has 1 N–H and O–H groups in total. The second-order valence-electron chi connectivity index (χ2n) is 8.72. The number of nitrogens with one attached hydrogen (secondary N) is 1. The molecule has 0 bridgehead atoms. The Labute approximate surface area is 192 Å². The van der Waals surface area contributed by atoms with Crippen LogP contribution >= 0.6 is 0 Å². The Morgan fingerprint density at radius 1 is 1.06 bits per heavy atom. The summed E-state index contributed by atoms with van der Waals surface area (Å²) in [7, 11) is 1.67. The van der Waals surface area contributed by atoms with Crippen molar-refractivity contribution in [2.45, 2.75) is 31.6 Å². The molecule has 0 unspecified atom stereocenters. The highest BCUT2D eigenvalue weighted by atomic mass is 16.5. The summed E-state index contributed by atoms with van der Waals surface area (Å²) in [4.78, 5) is 44.2. The SMILES string of the molecule is COc1ccc2[nH]cc(C3CCN(C(=O)CCCN4C(=O)c5ccccc5C4=O)CC3)c2c1. The number of carbonyl (C=O) groups is 3. The summed E-state index contributed by atoms with van der Waals surface area (Å²) >= 11 is 0. The standard InChI is InChI=1S/C26H27N3O4/c1-33-18-8-9-23-21(15-18)22(16-27-23)17-10-13-28(14-11-17)24(30)7-4-12-29-25(31)19-5-2-3-6-20(19)26(29)32/h2-3,5-6,8-9,15-17,27H,4,7,10-14H2,1H3. The van der Waals surface area contributed by atoms with Crippen molar-refractivity contribution < 1.29 is 19.1 Å². The van der Waals surface area contributed by atoms with Gasteiger partial charge in [-0.1, -0.05) is 12.1 Å². The van der Waals surface area contributed by atoms with Crippen LogP contribution < -0.4 is 4.74 Å². The number of aromatic amines is 1. The molecule has 5 rings (SSSR count). The van der Waals surface area contributed by atoms with Crippen LogP contribution in [-0.2, 0) is 4.79 Å². The van der Waals surface area contributed by atoms with Gasteiger partial charge in [-0.05, 0) is 61.1 Å². The fraction of sp³-hybridized carbons (Fsp3) is 0.346. The van der Waals surface area contributed by atoms with Gasteiger partial charge in [-0.3, -0.25) is 19.3 Å². The first kappa shape index (κ1) is 21.2. The van der Waals surface area contributed by atoms with Crippen LogP contribution in [0, 0.1) is 0 Å². The first-order chi connectivity index (χ1) is 16.1. The molecule has 3 heterocycles. The van der Waals surface area contributed by atoms with E-state index in [-0.39, 0.29) is 24.3 Å². The van der Waals surface area contributed by atoms with Crippen LogP contribution in [0.15, 0.2) is 48.7 Å². The maximum absolute atomic E-state index is 12.8. The third-order valence-electron chi connectivity index (χ3n) is 6.86. The molecule has 0 atom stereocenters. The van der Waals surface area contributed by atoms with Crippen molar-refractivity contribution >= 4 is 28.6 Å². The van der Waals surface area contributed by atoms with Crippen LogP contribution in [0.25, 0.3) is 10.9 Å². The molecule has 7 nitrogen and oxygen atoms in total. The van der Waals surface area contributed by atoms with Crippen molar-refractivity contribution in [2.75, 3.05) is 26.7 Å². The van der Waals surface area contributed by atoms with E-state index in [1.165, 1.54) is 15.8 Å². The molecule has 1 fully saturated rings. The predicted molar refractivity (Wildman–Crippen MR) is 124 cm³/mol. The number of rotatable bonds is 6. The summed E-state index contributed by atoms with van der Waals surface area (Å²) in [6.45, 7) is 1.70. The molecule has 2 aromatic carbocycles. The van der Waals surface area contributed by atoms with Gasteiger partial charge in [0.2, 0.25) is 5.91 Å². The minimum atomic E-state index is -0.265. The average Bonchev–Trinajstić information content (AvgIpc) is 3.38. The number of likely N-dealkylation sites (tertiary alicyclic amines) is 1. The van der Waals surface area contributed by atoms with Crippen LogP contribution in [0.1, 0.15) is 57.9 Å². The Hall–Kier alpha value is -3.61. The van der Waals surface area contributed by atoms with Crippen LogP contribution in [0.4, 0.5) is 0 Å². The summed E-state index contributed by atoms with van der Waals surface area (Å²) in [6.07, 6.45) is 4.71. The number of amides is 3. The van der Waals surface area contributed by atoms with Gasteiger partial charge < -0.3 is 14.6 Å². The van der Waals surface area contributed by atoms with Gasteiger partial charge in [0.25, 0.3) is 11.8 Å². The minimum Gasteiger partial charge on any atom is -0.497 e. The first-order valence-electron chi connectivity index (χ1n) is 11.4. The lowest BCUT2D eigenvalue weighted by Crippen LogP contribution is -2.38. The van der Waals surface area contributed by atoms with E-state index < -0.39 is 0 Å². The van der Waals surface area contributed by atoms with Crippen molar-refractivity contribution in [2.24, 2.45) is 0 Å². The fourth-order valence-corrected chi connectivity index (χ4v) is 5.01. The molecular formula is C26H27N3O4. The zero-order valence-electron chi connectivity index (χ0n) is 18.7. The molecule has 0 aliphatic carbocycles.